The molecule has 1 saturated heterocycles. The van der Waals surface area contributed by atoms with Crippen molar-refractivity contribution in [3.63, 3.8) is 0 Å². The summed E-state index contributed by atoms with van der Waals surface area (Å²) in [4.78, 5) is 14.8. The van der Waals surface area contributed by atoms with Gasteiger partial charge < -0.3 is 10.2 Å². The summed E-state index contributed by atoms with van der Waals surface area (Å²) in [5.74, 6) is 0.182. The smallest absolute Gasteiger partial charge is 0.335 e. The highest BCUT2D eigenvalue weighted by molar-refractivity contribution is 5.85. The highest BCUT2D eigenvalue weighted by Crippen LogP contribution is 2.33. The van der Waals surface area contributed by atoms with Crippen molar-refractivity contribution >= 4 is 18.3 Å². The van der Waals surface area contributed by atoms with E-state index < -0.39 is 11.7 Å². The van der Waals surface area contributed by atoms with Crippen molar-refractivity contribution in [3.05, 3.63) is 35.4 Å². The highest BCUT2D eigenvalue weighted by atomic mass is 35.5. The lowest BCUT2D eigenvalue weighted by atomic mass is 9.91. The van der Waals surface area contributed by atoms with Gasteiger partial charge in [-0.15, -0.1) is 12.4 Å². The Hall–Kier alpha value is -1.27. The number of rotatable bonds is 4. The molecule has 1 saturated carbocycles. The van der Waals surface area contributed by atoms with Crippen LogP contribution in [-0.4, -0.2) is 29.4 Å². The minimum atomic E-state index is -4.32. The highest BCUT2D eigenvalue weighted by Gasteiger charge is 2.37. The van der Waals surface area contributed by atoms with Crippen LogP contribution in [0.2, 0.25) is 0 Å². The largest absolute Gasteiger partial charge is 0.416 e. The third-order valence-electron chi connectivity index (χ3n) is 4.88. The number of benzene rings is 1. The topological polar surface area (TPSA) is 32.3 Å². The first-order valence-electron chi connectivity index (χ1n) is 8.54. The molecule has 1 heterocycles. The molecule has 1 aliphatic carbocycles. The Labute approximate surface area is 152 Å². The number of amides is 1. The van der Waals surface area contributed by atoms with Gasteiger partial charge in [0.05, 0.1) is 5.56 Å². The Balaban J connectivity index is 0.00000225. The van der Waals surface area contributed by atoms with Gasteiger partial charge in [0.2, 0.25) is 5.91 Å². The van der Waals surface area contributed by atoms with Crippen LogP contribution in [0.15, 0.2) is 24.3 Å². The zero-order valence-electron chi connectivity index (χ0n) is 14.2. The molecule has 0 unspecified atom stereocenters. The monoisotopic (exact) mass is 376 g/mol. The normalized spacial score (nSPS) is 23.7. The van der Waals surface area contributed by atoms with Crippen molar-refractivity contribution < 1.29 is 18.0 Å². The van der Waals surface area contributed by atoms with Crippen LogP contribution >= 0.6 is 12.4 Å². The van der Waals surface area contributed by atoms with E-state index >= 15 is 0 Å². The van der Waals surface area contributed by atoms with Gasteiger partial charge in [0.15, 0.2) is 0 Å². The predicted octanol–water partition coefficient (Wildman–Crippen LogP) is 4.01. The molecule has 3 nitrogen and oxygen atoms in total. The molecule has 0 radical (unpaired) electrons. The van der Waals surface area contributed by atoms with Crippen molar-refractivity contribution in [3.8, 4) is 0 Å². The van der Waals surface area contributed by atoms with Crippen molar-refractivity contribution in [2.75, 3.05) is 6.54 Å². The van der Waals surface area contributed by atoms with E-state index in [0.29, 0.717) is 12.6 Å². The van der Waals surface area contributed by atoms with Crippen LogP contribution in [0, 0.1) is 5.92 Å². The quantitative estimate of drug-likeness (QED) is 0.861. The third kappa shape index (κ3) is 5.11. The Morgan fingerprint density at radius 2 is 1.84 bits per heavy atom. The van der Waals surface area contributed by atoms with E-state index in [0.717, 1.165) is 49.9 Å². The van der Waals surface area contributed by atoms with Crippen LogP contribution in [0.5, 0.6) is 0 Å². The van der Waals surface area contributed by atoms with Crippen LogP contribution in [0.25, 0.3) is 0 Å². The van der Waals surface area contributed by atoms with Crippen LogP contribution in [-0.2, 0) is 17.5 Å². The summed E-state index contributed by atoms with van der Waals surface area (Å²) in [6.07, 6.45) is -0.677. The van der Waals surface area contributed by atoms with Gasteiger partial charge in [-0.05, 0) is 56.8 Å². The zero-order valence-corrected chi connectivity index (χ0v) is 15.0. The molecule has 1 amide bonds. The average molecular weight is 377 g/mol. The minimum absolute atomic E-state index is 0. The van der Waals surface area contributed by atoms with Crippen molar-refractivity contribution in [1.82, 2.24) is 10.2 Å². The Morgan fingerprint density at radius 1 is 1.20 bits per heavy atom. The summed E-state index contributed by atoms with van der Waals surface area (Å²) < 4.78 is 38.0. The summed E-state index contributed by atoms with van der Waals surface area (Å²) >= 11 is 0. The number of nitrogens with zero attached hydrogens (tertiary/aromatic N) is 1. The predicted molar refractivity (Wildman–Crippen MR) is 92.5 cm³/mol. The first kappa shape index (κ1) is 20.0. The lowest BCUT2D eigenvalue weighted by molar-refractivity contribution is -0.139. The molecule has 2 fully saturated rings. The minimum Gasteiger partial charge on any atom is -0.335 e. The van der Waals surface area contributed by atoms with E-state index in [1.54, 1.807) is 0 Å². The number of hydrogen-bond acceptors (Lipinski definition) is 2. The molecular weight excluding hydrogens is 353 g/mol. The van der Waals surface area contributed by atoms with Crippen LogP contribution in [0.4, 0.5) is 13.2 Å². The van der Waals surface area contributed by atoms with Crippen LogP contribution < -0.4 is 5.32 Å². The summed E-state index contributed by atoms with van der Waals surface area (Å²) in [7, 11) is 0. The summed E-state index contributed by atoms with van der Waals surface area (Å²) in [5, 5.41) is 3.34. The molecule has 7 heteroatoms. The molecule has 2 aliphatic rings. The number of alkyl halides is 3. The second-order valence-electron chi connectivity index (χ2n) is 6.97. The fourth-order valence-electron chi connectivity index (χ4n) is 3.36. The molecule has 1 aliphatic heterocycles. The van der Waals surface area contributed by atoms with E-state index in [9.17, 15) is 18.0 Å². The first-order valence-corrected chi connectivity index (χ1v) is 8.54. The third-order valence-corrected chi connectivity index (χ3v) is 4.88. The fourth-order valence-corrected chi connectivity index (χ4v) is 3.36. The Morgan fingerprint density at radius 3 is 2.36 bits per heavy atom. The molecule has 0 spiro atoms. The molecule has 140 valence electrons. The summed E-state index contributed by atoms with van der Waals surface area (Å²) in [6.45, 7) is 3.33. The van der Waals surface area contributed by atoms with Gasteiger partial charge >= 0.3 is 6.18 Å². The molecule has 0 bridgehead atoms. The lowest BCUT2D eigenvalue weighted by Crippen LogP contribution is -2.44. The SMILES string of the molecule is C[C@H]1C[C@@H](C(=O)N(Cc2ccc(C(F)(F)F)cc2)C2CC2)CCN1.Cl. The maximum absolute atomic E-state index is 12.9. The molecule has 1 aromatic carbocycles. The second kappa shape index (κ2) is 7.96. The maximum Gasteiger partial charge on any atom is 0.416 e. The fraction of sp³-hybridized carbons (Fsp3) is 0.611. The zero-order chi connectivity index (χ0) is 17.3. The van der Waals surface area contributed by atoms with Crippen molar-refractivity contribution in [2.24, 2.45) is 5.92 Å². The summed E-state index contributed by atoms with van der Waals surface area (Å²) in [5.41, 5.74) is 0.105. The van der Waals surface area contributed by atoms with E-state index in [1.165, 1.54) is 12.1 Å². The van der Waals surface area contributed by atoms with Gasteiger partial charge in [-0.2, -0.15) is 13.2 Å². The number of piperidine rings is 1. The average Bonchev–Trinajstić information content (AvgIpc) is 3.36. The molecule has 1 N–H and O–H groups in total. The molecule has 0 aromatic heterocycles. The lowest BCUT2D eigenvalue weighted by Gasteiger charge is -2.32. The van der Waals surface area contributed by atoms with Crippen molar-refractivity contribution in [1.29, 1.82) is 0 Å². The van der Waals surface area contributed by atoms with Crippen LogP contribution in [0.1, 0.15) is 43.7 Å². The van der Waals surface area contributed by atoms with Crippen molar-refractivity contribution in [2.45, 2.75) is 57.4 Å². The Bertz CT molecular complexity index is 587. The molecule has 2 atom stereocenters. The van der Waals surface area contributed by atoms with Gasteiger partial charge in [-0.3, -0.25) is 4.79 Å². The number of hydrogen-bond donors (Lipinski definition) is 1. The van der Waals surface area contributed by atoms with Gasteiger partial charge in [0.1, 0.15) is 0 Å². The van der Waals surface area contributed by atoms with E-state index in [1.807, 2.05) is 4.90 Å². The van der Waals surface area contributed by atoms with E-state index in [2.05, 4.69) is 12.2 Å². The Kier molecular flexibility index (Phi) is 6.38. The molecule has 3 rings (SSSR count). The summed E-state index contributed by atoms with van der Waals surface area (Å²) in [6, 6.07) is 5.74. The maximum atomic E-state index is 12.9. The number of halogens is 4. The number of nitrogens with one attached hydrogen (secondary N) is 1. The number of carbonyl (C=O) groups excluding carboxylic acids is 1. The molecule has 1 aromatic rings. The number of carbonyl (C=O) groups is 1. The van der Waals surface area contributed by atoms with E-state index in [-0.39, 0.29) is 30.3 Å². The van der Waals surface area contributed by atoms with Gasteiger partial charge in [0.25, 0.3) is 0 Å². The molecule has 25 heavy (non-hydrogen) atoms. The van der Waals surface area contributed by atoms with Gasteiger partial charge in [-0.1, -0.05) is 12.1 Å². The standard InChI is InChI=1S/C18H23F3N2O.ClH/c1-12-10-14(8-9-22-12)17(24)23(16-6-7-16)11-13-2-4-15(5-3-13)18(19,20)21;/h2-5,12,14,16,22H,6-11H2,1H3;1H/t12-,14-;/m0./s1. The first-order chi connectivity index (χ1) is 11.3. The van der Waals surface area contributed by atoms with E-state index in [4.69, 9.17) is 0 Å². The van der Waals surface area contributed by atoms with Gasteiger partial charge in [-0.25, -0.2) is 0 Å². The van der Waals surface area contributed by atoms with Crippen LogP contribution in [0.3, 0.4) is 0 Å². The van der Waals surface area contributed by atoms with Gasteiger partial charge in [0, 0.05) is 24.5 Å². The second-order valence-corrected chi connectivity index (χ2v) is 6.97. The molecular formula is C18H24ClF3N2O.